The summed E-state index contributed by atoms with van der Waals surface area (Å²) in [4.78, 5) is 4.37. The predicted molar refractivity (Wildman–Crippen MR) is 62.2 cm³/mol. The monoisotopic (exact) mass is 201 g/mol. The molecule has 1 aromatic carbocycles. The highest BCUT2D eigenvalue weighted by molar-refractivity contribution is 5.85. The fourth-order valence-corrected chi connectivity index (χ4v) is 1.75. The Bertz CT molecular complexity index is 503. The smallest absolute Gasteiger partial charge is 0.145 e. The molecule has 1 N–H and O–H groups in total. The van der Waals surface area contributed by atoms with Crippen LogP contribution in [0.25, 0.3) is 10.9 Å². The van der Waals surface area contributed by atoms with Crippen LogP contribution in [0, 0.1) is 6.92 Å². The van der Waals surface area contributed by atoms with E-state index in [0.29, 0.717) is 17.2 Å². The first-order chi connectivity index (χ1) is 7.09. The molecule has 0 aliphatic heterocycles. The van der Waals surface area contributed by atoms with Gasteiger partial charge in [-0.3, -0.25) is 0 Å². The molecular weight excluding hydrogens is 186 g/mol. The fraction of sp³-hybridized carbons (Fsp3) is 0.308. The topological polar surface area (TPSA) is 33.1 Å². The molecule has 15 heavy (non-hydrogen) atoms. The average molecular weight is 201 g/mol. The van der Waals surface area contributed by atoms with E-state index in [1.165, 1.54) is 0 Å². The number of phenolic OH excluding ortho intramolecular Hbond substituents is 1. The van der Waals surface area contributed by atoms with E-state index in [2.05, 4.69) is 18.8 Å². The summed E-state index contributed by atoms with van der Waals surface area (Å²) in [5.74, 6) is 0.642. The Hall–Kier alpha value is -1.57. The molecule has 0 atom stereocenters. The van der Waals surface area contributed by atoms with Crippen LogP contribution in [0.1, 0.15) is 31.0 Å². The van der Waals surface area contributed by atoms with Gasteiger partial charge < -0.3 is 5.11 Å². The van der Waals surface area contributed by atoms with Gasteiger partial charge in [-0.05, 0) is 24.5 Å². The third-order valence-corrected chi connectivity index (χ3v) is 2.63. The van der Waals surface area contributed by atoms with E-state index in [1.54, 1.807) is 0 Å². The van der Waals surface area contributed by atoms with Gasteiger partial charge in [-0.1, -0.05) is 32.0 Å². The number of aromatic nitrogens is 1. The van der Waals surface area contributed by atoms with Crippen molar-refractivity contribution in [3.05, 3.63) is 35.5 Å². The maximum absolute atomic E-state index is 10.1. The number of hydrogen-bond donors (Lipinski definition) is 1. The Morgan fingerprint density at radius 2 is 1.80 bits per heavy atom. The van der Waals surface area contributed by atoms with Crippen LogP contribution in [-0.4, -0.2) is 10.1 Å². The van der Waals surface area contributed by atoms with Gasteiger partial charge in [0, 0.05) is 11.1 Å². The van der Waals surface area contributed by atoms with Crippen LogP contribution in [0.4, 0.5) is 0 Å². The van der Waals surface area contributed by atoms with Crippen LogP contribution in [-0.2, 0) is 0 Å². The maximum Gasteiger partial charge on any atom is 0.145 e. The van der Waals surface area contributed by atoms with Gasteiger partial charge >= 0.3 is 0 Å². The van der Waals surface area contributed by atoms with Crippen molar-refractivity contribution in [1.29, 1.82) is 0 Å². The summed E-state index contributed by atoms with van der Waals surface area (Å²) in [7, 11) is 0. The molecule has 2 nitrogen and oxygen atoms in total. The number of aryl methyl sites for hydroxylation is 1. The molecule has 0 saturated carbocycles. The average Bonchev–Trinajstić information content (AvgIpc) is 2.19. The van der Waals surface area contributed by atoms with Crippen molar-refractivity contribution in [2.45, 2.75) is 26.7 Å². The van der Waals surface area contributed by atoms with Gasteiger partial charge in [0.05, 0.1) is 0 Å². The lowest BCUT2D eigenvalue weighted by molar-refractivity contribution is 0.470. The van der Waals surface area contributed by atoms with Crippen molar-refractivity contribution in [2.24, 2.45) is 0 Å². The van der Waals surface area contributed by atoms with Crippen LogP contribution in [0.2, 0.25) is 0 Å². The van der Waals surface area contributed by atoms with Crippen LogP contribution in [0.15, 0.2) is 24.3 Å². The van der Waals surface area contributed by atoms with E-state index >= 15 is 0 Å². The molecule has 0 saturated heterocycles. The molecule has 0 aliphatic carbocycles. The first kappa shape index (κ1) is 9.97. The van der Waals surface area contributed by atoms with E-state index in [9.17, 15) is 5.11 Å². The molecule has 0 unspecified atom stereocenters. The lowest BCUT2D eigenvalue weighted by Gasteiger charge is -2.10. The summed E-state index contributed by atoms with van der Waals surface area (Å²) in [5, 5.41) is 11.1. The summed E-state index contributed by atoms with van der Waals surface area (Å²) >= 11 is 0. The van der Waals surface area contributed by atoms with Crippen LogP contribution in [0.5, 0.6) is 5.75 Å². The quantitative estimate of drug-likeness (QED) is 0.767. The molecule has 1 heterocycles. The van der Waals surface area contributed by atoms with Gasteiger partial charge in [0.25, 0.3) is 0 Å². The minimum atomic E-state index is 0.316. The molecular formula is C13H15NO. The summed E-state index contributed by atoms with van der Waals surface area (Å²) in [6.45, 7) is 6.06. The van der Waals surface area contributed by atoms with Crippen molar-refractivity contribution >= 4 is 10.9 Å². The van der Waals surface area contributed by atoms with Crippen molar-refractivity contribution in [1.82, 2.24) is 4.98 Å². The first-order valence-electron chi connectivity index (χ1n) is 5.19. The Morgan fingerprint density at radius 3 is 2.47 bits per heavy atom. The zero-order valence-corrected chi connectivity index (χ0v) is 9.28. The number of fused-ring (bicyclic) bond motifs is 1. The Morgan fingerprint density at radius 1 is 1.13 bits per heavy atom. The normalized spacial score (nSPS) is 11.2. The van der Waals surface area contributed by atoms with E-state index in [4.69, 9.17) is 0 Å². The summed E-state index contributed by atoms with van der Waals surface area (Å²) in [5.41, 5.74) is 2.60. The van der Waals surface area contributed by atoms with Gasteiger partial charge in [-0.2, -0.15) is 0 Å². The minimum Gasteiger partial charge on any atom is -0.505 e. The molecule has 0 amide bonds. The fourth-order valence-electron chi connectivity index (χ4n) is 1.75. The molecule has 0 aliphatic rings. The number of rotatable bonds is 1. The second-order valence-electron chi connectivity index (χ2n) is 4.18. The van der Waals surface area contributed by atoms with Crippen LogP contribution < -0.4 is 0 Å². The lowest BCUT2D eigenvalue weighted by Crippen LogP contribution is -1.91. The van der Waals surface area contributed by atoms with Crippen molar-refractivity contribution in [3.63, 3.8) is 0 Å². The molecule has 2 rings (SSSR count). The van der Waals surface area contributed by atoms with Crippen molar-refractivity contribution in [3.8, 4) is 5.75 Å². The molecule has 1 aromatic heterocycles. The Balaban J connectivity index is 2.77. The zero-order valence-electron chi connectivity index (χ0n) is 9.28. The summed E-state index contributed by atoms with van der Waals surface area (Å²) in [6.07, 6.45) is 0. The number of hydrogen-bond acceptors (Lipinski definition) is 2. The number of aromatic hydroxyl groups is 1. The highest BCUT2D eigenvalue weighted by atomic mass is 16.3. The zero-order chi connectivity index (χ0) is 11.0. The van der Waals surface area contributed by atoms with Gasteiger partial charge in [-0.25, -0.2) is 4.98 Å². The van der Waals surface area contributed by atoms with Crippen molar-refractivity contribution < 1.29 is 5.11 Å². The molecule has 2 aromatic rings. The molecule has 0 spiro atoms. The molecule has 2 heteroatoms. The maximum atomic E-state index is 10.1. The van der Waals surface area contributed by atoms with Gasteiger partial charge in [-0.15, -0.1) is 0 Å². The lowest BCUT2D eigenvalue weighted by atomic mass is 10.00. The largest absolute Gasteiger partial charge is 0.505 e. The summed E-state index contributed by atoms with van der Waals surface area (Å²) in [6, 6.07) is 7.93. The standard InChI is InChI=1S/C13H15NO/c1-8(2)11-7-6-10-5-4-9(3)14-12(10)13(11)15/h4-8,15H,1-3H3. The molecule has 0 fully saturated rings. The molecule has 0 bridgehead atoms. The van der Waals surface area contributed by atoms with Crippen molar-refractivity contribution in [2.75, 3.05) is 0 Å². The SMILES string of the molecule is Cc1ccc2ccc(C(C)C)c(O)c2n1. The van der Waals surface area contributed by atoms with Crippen LogP contribution in [0.3, 0.4) is 0 Å². The predicted octanol–water partition coefficient (Wildman–Crippen LogP) is 3.37. The second kappa shape index (κ2) is 3.54. The Kier molecular flexibility index (Phi) is 2.35. The van der Waals surface area contributed by atoms with E-state index in [0.717, 1.165) is 16.6 Å². The molecule has 0 radical (unpaired) electrons. The van der Waals surface area contributed by atoms with Gasteiger partial charge in [0.15, 0.2) is 0 Å². The number of pyridine rings is 1. The van der Waals surface area contributed by atoms with Gasteiger partial charge in [0.2, 0.25) is 0 Å². The Labute approximate surface area is 89.6 Å². The number of benzene rings is 1. The number of phenols is 1. The van der Waals surface area contributed by atoms with E-state index < -0.39 is 0 Å². The second-order valence-corrected chi connectivity index (χ2v) is 4.18. The van der Waals surface area contributed by atoms with Crippen LogP contribution >= 0.6 is 0 Å². The van der Waals surface area contributed by atoms with Gasteiger partial charge in [0.1, 0.15) is 11.3 Å². The van der Waals surface area contributed by atoms with E-state index in [1.807, 2.05) is 31.2 Å². The molecule has 78 valence electrons. The number of nitrogens with zero attached hydrogens (tertiary/aromatic N) is 1. The highest BCUT2D eigenvalue weighted by Crippen LogP contribution is 2.31. The summed E-state index contributed by atoms with van der Waals surface area (Å²) < 4.78 is 0. The third kappa shape index (κ3) is 1.67. The highest BCUT2D eigenvalue weighted by Gasteiger charge is 2.10. The third-order valence-electron chi connectivity index (χ3n) is 2.63. The first-order valence-corrected chi connectivity index (χ1v) is 5.19. The minimum absolute atomic E-state index is 0.316. The van der Waals surface area contributed by atoms with E-state index in [-0.39, 0.29) is 0 Å².